The number of nitrogens with one attached hydrogen (secondary N) is 1. The molecular formula is C12H15NO3. The van der Waals surface area contributed by atoms with E-state index in [0.717, 1.165) is 0 Å². The van der Waals surface area contributed by atoms with Crippen LogP contribution in [-0.2, 0) is 4.74 Å². The van der Waals surface area contributed by atoms with Gasteiger partial charge in [-0.3, -0.25) is 4.79 Å². The Hall–Kier alpha value is -1.84. The first kappa shape index (κ1) is 12.2. The maximum absolute atomic E-state index is 11.5. The van der Waals surface area contributed by atoms with E-state index in [2.05, 4.69) is 5.32 Å². The van der Waals surface area contributed by atoms with Gasteiger partial charge in [0.2, 0.25) is 0 Å². The molecule has 0 heterocycles. The quantitative estimate of drug-likeness (QED) is 0.786. The zero-order chi connectivity index (χ0) is 12.0. The normalized spacial score (nSPS) is 9.62. The van der Waals surface area contributed by atoms with Crippen molar-refractivity contribution in [2.75, 3.05) is 13.2 Å². The molecule has 1 aromatic rings. The molecule has 0 saturated heterocycles. The highest BCUT2D eigenvalue weighted by Crippen LogP contribution is 2.06. The number of rotatable bonds is 4. The van der Waals surface area contributed by atoms with Gasteiger partial charge in [0.1, 0.15) is 0 Å². The Balaban J connectivity index is 2.86. The lowest BCUT2D eigenvalue weighted by atomic mass is 10.1. The molecule has 0 aliphatic rings. The molecule has 16 heavy (non-hydrogen) atoms. The summed E-state index contributed by atoms with van der Waals surface area (Å²) in [5, 5.41) is 2.67. The van der Waals surface area contributed by atoms with Crippen LogP contribution in [0.3, 0.4) is 0 Å². The number of amides is 1. The highest BCUT2D eigenvalue weighted by atomic mass is 16.5. The van der Waals surface area contributed by atoms with Crippen LogP contribution in [0.2, 0.25) is 0 Å². The van der Waals surface area contributed by atoms with Crippen LogP contribution < -0.4 is 5.32 Å². The average molecular weight is 221 g/mol. The van der Waals surface area contributed by atoms with E-state index in [9.17, 15) is 9.59 Å². The van der Waals surface area contributed by atoms with Crippen LogP contribution in [0.15, 0.2) is 24.3 Å². The van der Waals surface area contributed by atoms with Crippen LogP contribution in [0.25, 0.3) is 0 Å². The number of hydrogen-bond acceptors (Lipinski definition) is 3. The Morgan fingerprint density at radius 2 is 1.94 bits per heavy atom. The second-order valence-corrected chi connectivity index (χ2v) is 3.16. The Labute approximate surface area is 94.6 Å². The van der Waals surface area contributed by atoms with Crippen molar-refractivity contribution >= 4 is 11.9 Å². The summed E-state index contributed by atoms with van der Waals surface area (Å²) >= 11 is 0. The van der Waals surface area contributed by atoms with E-state index in [1.165, 1.54) is 6.07 Å². The summed E-state index contributed by atoms with van der Waals surface area (Å²) in [5.74, 6) is -0.595. The lowest BCUT2D eigenvalue weighted by Crippen LogP contribution is -2.22. The number of esters is 1. The van der Waals surface area contributed by atoms with Gasteiger partial charge in [-0.15, -0.1) is 0 Å². The third kappa shape index (κ3) is 3.08. The highest BCUT2D eigenvalue weighted by Gasteiger charge is 2.10. The van der Waals surface area contributed by atoms with Crippen LogP contribution in [-0.4, -0.2) is 25.0 Å². The first-order valence-corrected chi connectivity index (χ1v) is 5.24. The Morgan fingerprint density at radius 1 is 1.25 bits per heavy atom. The summed E-state index contributed by atoms with van der Waals surface area (Å²) in [4.78, 5) is 22.9. The molecule has 0 aromatic heterocycles. The SMILES string of the molecule is CCNC(=O)c1cccc(C(=O)OCC)c1. The molecule has 0 unspecified atom stereocenters. The van der Waals surface area contributed by atoms with Gasteiger partial charge in [-0.05, 0) is 32.0 Å². The number of ether oxygens (including phenoxy) is 1. The second kappa shape index (κ2) is 5.90. The van der Waals surface area contributed by atoms with Crippen molar-refractivity contribution in [1.82, 2.24) is 5.32 Å². The lowest BCUT2D eigenvalue weighted by molar-refractivity contribution is 0.0526. The van der Waals surface area contributed by atoms with Gasteiger partial charge >= 0.3 is 5.97 Å². The first-order chi connectivity index (χ1) is 7.69. The van der Waals surface area contributed by atoms with Gasteiger partial charge in [-0.25, -0.2) is 4.79 Å². The molecular weight excluding hydrogens is 206 g/mol. The van der Waals surface area contributed by atoms with Crippen molar-refractivity contribution in [2.45, 2.75) is 13.8 Å². The molecule has 0 atom stereocenters. The molecule has 0 spiro atoms. The van der Waals surface area contributed by atoms with Crippen molar-refractivity contribution in [3.63, 3.8) is 0 Å². The Kier molecular flexibility index (Phi) is 4.51. The molecule has 0 fully saturated rings. The molecule has 0 radical (unpaired) electrons. The molecule has 0 saturated carbocycles. The largest absolute Gasteiger partial charge is 0.462 e. The van der Waals surface area contributed by atoms with Gasteiger partial charge in [-0.2, -0.15) is 0 Å². The van der Waals surface area contributed by atoms with Crippen LogP contribution in [0, 0.1) is 0 Å². The van der Waals surface area contributed by atoms with E-state index >= 15 is 0 Å². The van der Waals surface area contributed by atoms with Crippen LogP contribution >= 0.6 is 0 Å². The summed E-state index contributed by atoms with van der Waals surface area (Å²) in [6.07, 6.45) is 0. The fourth-order valence-corrected chi connectivity index (χ4v) is 1.26. The van der Waals surface area contributed by atoms with Gasteiger partial charge in [0.15, 0.2) is 0 Å². The Bertz CT molecular complexity index is 354. The fourth-order valence-electron chi connectivity index (χ4n) is 1.26. The molecule has 1 N–H and O–H groups in total. The summed E-state index contributed by atoms with van der Waals surface area (Å²) in [7, 11) is 0. The molecule has 1 aromatic carbocycles. The van der Waals surface area contributed by atoms with E-state index in [-0.39, 0.29) is 5.91 Å². The van der Waals surface area contributed by atoms with Crippen LogP contribution in [0.5, 0.6) is 0 Å². The third-order valence-corrected chi connectivity index (χ3v) is 1.97. The molecule has 0 aliphatic carbocycles. The molecule has 86 valence electrons. The first-order valence-electron chi connectivity index (χ1n) is 5.24. The highest BCUT2D eigenvalue weighted by molar-refractivity contribution is 5.97. The molecule has 0 bridgehead atoms. The summed E-state index contributed by atoms with van der Waals surface area (Å²) < 4.78 is 4.85. The summed E-state index contributed by atoms with van der Waals surface area (Å²) in [6.45, 7) is 4.46. The molecule has 0 aliphatic heterocycles. The van der Waals surface area contributed by atoms with Crippen LogP contribution in [0.1, 0.15) is 34.6 Å². The minimum atomic E-state index is -0.409. The van der Waals surface area contributed by atoms with E-state index in [0.29, 0.717) is 24.3 Å². The standard InChI is InChI=1S/C12H15NO3/c1-3-13-11(14)9-6-5-7-10(8-9)12(15)16-4-2/h5-8H,3-4H2,1-2H3,(H,13,14). The maximum Gasteiger partial charge on any atom is 0.338 e. The summed E-state index contributed by atoms with van der Waals surface area (Å²) in [5.41, 5.74) is 0.859. The predicted molar refractivity (Wildman–Crippen MR) is 60.4 cm³/mol. The maximum atomic E-state index is 11.5. The van der Waals surface area contributed by atoms with Gasteiger partial charge in [0, 0.05) is 12.1 Å². The average Bonchev–Trinajstić information content (AvgIpc) is 2.30. The minimum Gasteiger partial charge on any atom is -0.462 e. The monoisotopic (exact) mass is 221 g/mol. The predicted octanol–water partition coefficient (Wildman–Crippen LogP) is 1.61. The van der Waals surface area contributed by atoms with Gasteiger partial charge in [0.05, 0.1) is 12.2 Å². The van der Waals surface area contributed by atoms with Gasteiger partial charge in [0.25, 0.3) is 5.91 Å². The van der Waals surface area contributed by atoms with Crippen molar-refractivity contribution in [2.24, 2.45) is 0 Å². The fraction of sp³-hybridized carbons (Fsp3) is 0.333. The number of benzene rings is 1. The van der Waals surface area contributed by atoms with Crippen molar-refractivity contribution in [1.29, 1.82) is 0 Å². The van der Waals surface area contributed by atoms with Crippen molar-refractivity contribution in [3.8, 4) is 0 Å². The smallest absolute Gasteiger partial charge is 0.338 e. The minimum absolute atomic E-state index is 0.186. The molecule has 1 rings (SSSR count). The second-order valence-electron chi connectivity index (χ2n) is 3.16. The number of carbonyl (C=O) groups is 2. The zero-order valence-electron chi connectivity index (χ0n) is 9.45. The van der Waals surface area contributed by atoms with Gasteiger partial charge < -0.3 is 10.1 Å². The lowest BCUT2D eigenvalue weighted by Gasteiger charge is -2.05. The third-order valence-electron chi connectivity index (χ3n) is 1.97. The number of hydrogen-bond donors (Lipinski definition) is 1. The molecule has 4 heteroatoms. The molecule has 4 nitrogen and oxygen atoms in total. The van der Waals surface area contributed by atoms with Crippen molar-refractivity contribution < 1.29 is 14.3 Å². The Morgan fingerprint density at radius 3 is 2.56 bits per heavy atom. The van der Waals surface area contributed by atoms with E-state index in [4.69, 9.17) is 4.74 Å². The van der Waals surface area contributed by atoms with Crippen molar-refractivity contribution in [3.05, 3.63) is 35.4 Å². The van der Waals surface area contributed by atoms with Crippen LogP contribution in [0.4, 0.5) is 0 Å². The van der Waals surface area contributed by atoms with Gasteiger partial charge in [-0.1, -0.05) is 6.07 Å². The molecule has 1 amide bonds. The number of carbonyl (C=O) groups excluding carboxylic acids is 2. The van der Waals surface area contributed by atoms with E-state index in [1.807, 2.05) is 6.92 Å². The summed E-state index contributed by atoms with van der Waals surface area (Å²) in [6, 6.07) is 6.48. The topological polar surface area (TPSA) is 55.4 Å². The van der Waals surface area contributed by atoms with E-state index < -0.39 is 5.97 Å². The zero-order valence-corrected chi connectivity index (χ0v) is 9.45. The van der Waals surface area contributed by atoms with E-state index in [1.54, 1.807) is 25.1 Å².